The smallest absolute Gasteiger partial charge is 0.187 e. The highest BCUT2D eigenvalue weighted by atomic mass is 16.5. The van der Waals surface area contributed by atoms with Gasteiger partial charge in [0.2, 0.25) is 0 Å². The topological polar surface area (TPSA) is 61.0 Å². The van der Waals surface area contributed by atoms with Gasteiger partial charge in [0, 0.05) is 5.56 Å². The molecule has 0 fully saturated rings. The summed E-state index contributed by atoms with van der Waals surface area (Å²) in [6.07, 6.45) is 1.45. The van der Waals surface area contributed by atoms with Crippen molar-refractivity contribution in [3.05, 3.63) is 35.7 Å². The SMILES string of the molecule is COc1c(N)ncnc1-c1cccc(C)c1C. The summed E-state index contributed by atoms with van der Waals surface area (Å²) in [5, 5.41) is 0. The molecule has 4 nitrogen and oxygen atoms in total. The molecule has 0 amide bonds. The van der Waals surface area contributed by atoms with E-state index in [4.69, 9.17) is 10.5 Å². The lowest BCUT2D eigenvalue weighted by Gasteiger charge is -2.12. The molecule has 1 aromatic heterocycles. The lowest BCUT2D eigenvalue weighted by atomic mass is 10.0. The molecule has 0 spiro atoms. The van der Waals surface area contributed by atoms with Crippen molar-refractivity contribution in [1.29, 1.82) is 0 Å². The summed E-state index contributed by atoms with van der Waals surface area (Å²) < 4.78 is 5.28. The fraction of sp³-hybridized carbons (Fsp3) is 0.231. The van der Waals surface area contributed by atoms with Crippen LogP contribution in [0.2, 0.25) is 0 Å². The number of hydrogen-bond donors (Lipinski definition) is 1. The first-order valence-electron chi connectivity index (χ1n) is 5.36. The molecule has 0 aliphatic heterocycles. The molecule has 0 aliphatic rings. The number of rotatable bonds is 2. The van der Waals surface area contributed by atoms with Crippen molar-refractivity contribution in [1.82, 2.24) is 9.97 Å². The summed E-state index contributed by atoms with van der Waals surface area (Å²) in [5.74, 6) is 0.889. The van der Waals surface area contributed by atoms with Gasteiger partial charge in [-0.25, -0.2) is 9.97 Å². The molecule has 2 aromatic rings. The van der Waals surface area contributed by atoms with Gasteiger partial charge in [0.05, 0.1) is 7.11 Å². The van der Waals surface area contributed by atoms with E-state index in [0.29, 0.717) is 11.6 Å². The minimum absolute atomic E-state index is 0.360. The van der Waals surface area contributed by atoms with E-state index in [-0.39, 0.29) is 0 Å². The Morgan fingerprint density at radius 2 is 1.94 bits per heavy atom. The number of anilines is 1. The van der Waals surface area contributed by atoms with Crippen LogP contribution in [0.4, 0.5) is 5.82 Å². The maximum absolute atomic E-state index is 5.78. The van der Waals surface area contributed by atoms with Crippen molar-refractivity contribution >= 4 is 5.82 Å². The molecule has 2 rings (SSSR count). The Bertz CT molecular complexity index is 552. The first kappa shape index (κ1) is 11.4. The van der Waals surface area contributed by atoms with Gasteiger partial charge in [-0.05, 0) is 25.0 Å². The zero-order valence-electron chi connectivity index (χ0n) is 10.2. The molecule has 0 bridgehead atoms. The van der Waals surface area contributed by atoms with Crippen LogP contribution in [0.1, 0.15) is 11.1 Å². The summed E-state index contributed by atoms with van der Waals surface area (Å²) in [4.78, 5) is 8.20. The number of benzene rings is 1. The van der Waals surface area contributed by atoms with E-state index in [1.807, 2.05) is 12.1 Å². The third-order valence-electron chi connectivity index (χ3n) is 2.90. The van der Waals surface area contributed by atoms with Crippen LogP contribution in [0.5, 0.6) is 5.75 Å². The van der Waals surface area contributed by atoms with Gasteiger partial charge in [0.25, 0.3) is 0 Å². The molecule has 0 saturated carbocycles. The number of nitrogen functional groups attached to an aromatic ring is 1. The van der Waals surface area contributed by atoms with Crippen LogP contribution < -0.4 is 10.5 Å². The number of nitrogens with zero attached hydrogens (tertiary/aromatic N) is 2. The normalized spacial score (nSPS) is 10.3. The van der Waals surface area contributed by atoms with Crippen LogP contribution in [0.3, 0.4) is 0 Å². The van der Waals surface area contributed by atoms with Crippen molar-refractivity contribution in [3.8, 4) is 17.0 Å². The van der Waals surface area contributed by atoms with Gasteiger partial charge in [-0.3, -0.25) is 0 Å². The molecule has 0 unspecified atom stereocenters. The standard InChI is InChI=1S/C13H15N3O/c1-8-5-4-6-10(9(8)2)11-12(17-3)13(14)16-7-15-11/h4-7H,1-3H3,(H2,14,15,16). The molecular weight excluding hydrogens is 214 g/mol. The van der Waals surface area contributed by atoms with E-state index in [2.05, 4.69) is 29.9 Å². The van der Waals surface area contributed by atoms with Gasteiger partial charge in [-0.2, -0.15) is 0 Å². The van der Waals surface area contributed by atoms with E-state index in [1.54, 1.807) is 7.11 Å². The van der Waals surface area contributed by atoms with Crippen molar-refractivity contribution in [3.63, 3.8) is 0 Å². The molecule has 0 radical (unpaired) electrons. The van der Waals surface area contributed by atoms with Crippen molar-refractivity contribution < 1.29 is 4.74 Å². The van der Waals surface area contributed by atoms with Crippen LogP contribution in [0, 0.1) is 13.8 Å². The Balaban J connectivity index is 2.68. The number of methoxy groups -OCH3 is 1. The summed E-state index contributed by atoms with van der Waals surface area (Å²) in [7, 11) is 1.57. The monoisotopic (exact) mass is 229 g/mol. The van der Waals surface area contributed by atoms with E-state index in [0.717, 1.165) is 11.3 Å². The predicted octanol–water partition coefficient (Wildman–Crippen LogP) is 2.35. The first-order valence-corrected chi connectivity index (χ1v) is 5.36. The summed E-state index contributed by atoms with van der Waals surface area (Å²) in [6.45, 7) is 4.12. The van der Waals surface area contributed by atoms with E-state index >= 15 is 0 Å². The third-order valence-corrected chi connectivity index (χ3v) is 2.90. The average Bonchev–Trinajstić information content (AvgIpc) is 2.32. The Hall–Kier alpha value is -2.10. The molecule has 88 valence electrons. The van der Waals surface area contributed by atoms with Crippen LogP contribution in [-0.2, 0) is 0 Å². The number of aryl methyl sites for hydroxylation is 1. The lowest BCUT2D eigenvalue weighted by molar-refractivity contribution is 0.415. The average molecular weight is 229 g/mol. The molecule has 0 aliphatic carbocycles. The van der Waals surface area contributed by atoms with Crippen LogP contribution in [0.15, 0.2) is 24.5 Å². The minimum atomic E-state index is 0.360. The minimum Gasteiger partial charge on any atom is -0.491 e. The zero-order valence-corrected chi connectivity index (χ0v) is 10.2. The largest absolute Gasteiger partial charge is 0.491 e. The highest BCUT2D eigenvalue weighted by molar-refractivity contribution is 5.74. The molecule has 2 N–H and O–H groups in total. The zero-order chi connectivity index (χ0) is 12.4. The van der Waals surface area contributed by atoms with Crippen LogP contribution in [0.25, 0.3) is 11.3 Å². The molecule has 1 aromatic carbocycles. The van der Waals surface area contributed by atoms with Crippen molar-refractivity contribution in [2.45, 2.75) is 13.8 Å². The Morgan fingerprint density at radius 1 is 1.18 bits per heavy atom. The highest BCUT2D eigenvalue weighted by Gasteiger charge is 2.13. The van der Waals surface area contributed by atoms with E-state index < -0.39 is 0 Å². The maximum atomic E-state index is 5.78. The maximum Gasteiger partial charge on any atom is 0.187 e. The van der Waals surface area contributed by atoms with Crippen molar-refractivity contribution in [2.24, 2.45) is 0 Å². The summed E-state index contributed by atoms with van der Waals surface area (Å²) in [5.41, 5.74) is 9.92. The number of nitrogens with two attached hydrogens (primary N) is 1. The number of ether oxygens (including phenoxy) is 1. The van der Waals surface area contributed by atoms with Crippen LogP contribution >= 0.6 is 0 Å². The van der Waals surface area contributed by atoms with Gasteiger partial charge in [-0.15, -0.1) is 0 Å². The Morgan fingerprint density at radius 3 is 2.65 bits per heavy atom. The molecule has 0 atom stereocenters. The van der Waals surface area contributed by atoms with Gasteiger partial charge >= 0.3 is 0 Å². The molecule has 1 heterocycles. The van der Waals surface area contributed by atoms with Crippen LogP contribution in [-0.4, -0.2) is 17.1 Å². The first-order chi connectivity index (χ1) is 8.15. The van der Waals surface area contributed by atoms with E-state index in [1.165, 1.54) is 17.5 Å². The Kier molecular flexibility index (Phi) is 2.95. The summed E-state index contributed by atoms with van der Waals surface area (Å²) >= 11 is 0. The van der Waals surface area contributed by atoms with Crippen molar-refractivity contribution in [2.75, 3.05) is 12.8 Å². The quantitative estimate of drug-likeness (QED) is 0.858. The Labute approximate surface area is 100 Å². The fourth-order valence-corrected chi connectivity index (χ4v) is 1.79. The number of hydrogen-bond acceptors (Lipinski definition) is 4. The molecule has 4 heteroatoms. The molecular formula is C13H15N3O. The predicted molar refractivity (Wildman–Crippen MR) is 67.9 cm³/mol. The van der Waals surface area contributed by atoms with Gasteiger partial charge in [0.15, 0.2) is 11.6 Å². The molecule has 17 heavy (non-hydrogen) atoms. The third kappa shape index (κ3) is 1.93. The van der Waals surface area contributed by atoms with Gasteiger partial charge in [0.1, 0.15) is 12.0 Å². The summed E-state index contributed by atoms with van der Waals surface area (Å²) in [6, 6.07) is 6.07. The van der Waals surface area contributed by atoms with Gasteiger partial charge in [-0.1, -0.05) is 18.2 Å². The highest BCUT2D eigenvalue weighted by Crippen LogP contribution is 2.33. The fourth-order valence-electron chi connectivity index (χ4n) is 1.79. The van der Waals surface area contributed by atoms with Gasteiger partial charge < -0.3 is 10.5 Å². The second-order valence-electron chi connectivity index (χ2n) is 3.89. The van der Waals surface area contributed by atoms with E-state index in [9.17, 15) is 0 Å². The second kappa shape index (κ2) is 4.41. The lowest BCUT2D eigenvalue weighted by Crippen LogP contribution is -2.01. The number of aromatic nitrogens is 2. The second-order valence-corrected chi connectivity index (χ2v) is 3.89. The molecule has 0 saturated heterocycles.